The molecule has 0 unspecified atom stereocenters. The smallest absolute Gasteiger partial charge is 0.266 e. The molecule has 0 heterocycles. The SMILES string of the molecule is C=CCc1cc(/C=C(\C#N)C(=O)Nc2ccc(Cl)c(Cl)c2)cc(OCC)c1OCc1ccccc1C#N. The van der Waals surface area contributed by atoms with E-state index in [9.17, 15) is 15.3 Å². The van der Waals surface area contributed by atoms with Gasteiger partial charge in [-0.25, -0.2) is 0 Å². The lowest BCUT2D eigenvalue weighted by Crippen LogP contribution is -2.13. The Morgan fingerprint density at radius 1 is 1.05 bits per heavy atom. The third kappa shape index (κ3) is 7.15. The molecule has 3 aromatic rings. The molecule has 0 fully saturated rings. The molecule has 0 saturated heterocycles. The van der Waals surface area contributed by atoms with Gasteiger partial charge < -0.3 is 14.8 Å². The average molecular weight is 532 g/mol. The molecule has 6 nitrogen and oxygen atoms in total. The molecule has 37 heavy (non-hydrogen) atoms. The highest BCUT2D eigenvalue weighted by atomic mass is 35.5. The van der Waals surface area contributed by atoms with Crippen molar-refractivity contribution in [3.05, 3.63) is 105 Å². The van der Waals surface area contributed by atoms with Gasteiger partial charge in [-0.3, -0.25) is 4.79 Å². The highest BCUT2D eigenvalue weighted by Crippen LogP contribution is 2.35. The standard InChI is InChI=1S/C29H23Cl2N3O3/c1-3-7-20-12-19(13-23(17-33)29(35)34-24-10-11-25(30)26(31)15-24)14-27(36-4-2)28(20)37-18-22-9-6-5-8-21(22)16-32/h3,5-6,8-15H,1,4,7,18H2,2H3,(H,34,35)/b23-13+. The lowest BCUT2D eigenvalue weighted by atomic mass is 10.0. The summed E-state index contributed by atoms with van der Waals surface area (Å²) >= 11 is 11.9. The Kier molecular flexibility index (Phi) is 9.75. The van der Waals surface area contributed by atoms with E-state index in [-0.39, 0.29) is 17.2 Å². The summed E-state index contributed by atoms with van der Waals surface area (Å²) in [4.78, 5) is 12.8. The predicted octanol–water partition coefficient (Wildman–Crippen LogP) is 7.12. The van der Waals surface area contributed by atoms with Crippen molar-refractivity contribution < 1.29 is 14.3 Å². The van der Waals surface area contributed by atoms with E-state index in [1.54, 1.807) is 42.5 Å². The third-order valence-electron chi connectivity index (χ3n) is 5.18. The monoisotopic (exact) mass is 531 g/mol. The minimum Gasteiger partial charge on any atom is -0.490 e. The second-order valence-corrected chi connectivity index (χ2v) is 8.56. The largest absolute Gasteiger partial charge is 0.490 e. The van der Waals surface area contributed by atoms with E-state index in [1.165, 1.54) is 12.1 Å². The fraction of sp³-hybridized carbons (Fsp3) is 0.138. The molecule has 0 aromatic heterocycles. The van der Waals surface area contributed by atoms with E-state index < -0.39 is 5.91 Å². The van der Waals surface area contributed by atoms with Crippen LogP contribution in [-0.2, 0) is 17.8 Å². The van der Waals surface area contributed by atoms with Crippen LogP contribution in [0.15, 0.2) is 72.8 Å². The van der Waals surface area contributed by atoms with E-state index in [2.05, 4.69) is 18.0 Å². The van der Waals surface area contributed by atoms with Crippen LogP contribution in [0.3, 0.4) is 0 Å². The molecule has 0 atom stereocenters. The minimum absolute atomic E-state index is 0.116. The van der Waals surface area contributed by atoms with Gasteiger partial charge >= 0.3 is 0 Å². The molecule has 3 aromatic carbocycles. The van der Waals surface area contributed by atoms with Crippen LogP contribution in [0.2, 0.25) is 10.0 Å². The van der Waals surface area contributed by atoms with Gasteiger partial charge in [-0.2, -0.15) is 10.5 Å². The topological polar surface area (TPSA) is 95.1 Å². The van der Waals surface area contributed by atoms with Gasteiger partial charge in [-0.05, 0) is 61.4 Å². The Bertz CT molecular complexity index is 1440. The zero-order valence-corrected chi connectivity index (χ0v) is 21.6. The Labute approximate surface area is 226 Å². The molecule has 8 heteroatoms. The number of nitrogens with one attached hydrogen (secondary N) is 1. The summed E-state index contributed by atoms with van der Waals surface area (Å²) in [7, 11) is 0. The molecule has 3 rings (SSSR count). The molecule has 1 N–H and O–H groups in total. The first kappa shape index (κ1) is 27.4. The Hall–Kier alpha value is -4.23. The molecule has 0 spiro atoms. The number of amides is 1. The maximum absolute atomic E-state index is 12.8. The van der Waals surface area contributed by atoms with E-state index in [4.69, 9.17) is 32.7 Å². The zero-order chi connectivity index (χ0) is 26.8. The highest BCUT2D eigenvalue weighted by Gasteiger charge is 2.16. The van der Waals surface area contributed by atoms with Gasteiger partial charge in [0.25, 0.3) is 5.91 Å². The summed E-state index contributed by atoms with van der Waals surface area (Å²) in [5.74, 6) is 0.354. The van der Waals surface area contributed by atoms with Crippen molar-refractivity contribution in [1.29, 1.82) is 10.5 Å². The number of carbonyl (C=O) groups is 1. The number of halogens is 2. The number of ether oxygens (including phenoxy) is 2. The van der Waals surface area contributed by atoms with Gasteiger partial charge in [0.2, 0.25) is 0 Å². The molecule has 0 bridgehead atoms. The van der Waals surface area contributed by atoms with Crippen molar-refractivity contribution in [2.45, 2.75) is 20.0 Å². The summed E-state index contributed by atoms with van der Waals surface area (Å²) in [6, 6.07) is 19.5. The lowest BCUT2D eigenvalue weighted by Gasteiger charge is -2.17. The molecule has 1 amide bonds. The van der Waals surface area contributed by atoms with Gasteiger partial charge in [0, 0.05) is 16.8 Å². The number of benzene rings is 3. The van der Waals surface area contributed by atoms with Crippen LogP contribution in [-0.4, -0.2) is 12.5 Å². The molecule has 0 aliphatic carbocycles. The van der Waals surface area contributed by atoms with Crippen molar-refractivity contribution in [3.8, 4) is 23.6 Å². The Morgan fingerprint density at radius 2 is 1.84 bits per heavy atom. The molecule has 0 radical (unpaired) electrons. The van der Waals surface area contributed by atoms with Gasteiger partial charge in [-0.15, -0.1) is 6.58 Å². The number of rotatable bonds is 10. The van der Waals surface area contributed by atoms with Gasteiger partial charge in [0.05, 0.1) is 28.3 Å². The summed E-state index contributed by atoms with van der Waals surface area (Å²) < 4.78 is 12.0. The van der Waals surface area contributed by atoms with E-state index >= 15 is 0 Å². The third-order valence-corrected chi connectivity index (χ3v) is 5.92. The second-order valence-electron chi connectivity index (χ2n) is 7.74. The highest BCUT2D eigenvalue weighted by molar-refractivity contribution is 6.42. The fourth-order valence-electron chi connectivity index (χ4n) is 3.49. The predicted molar refractivity (Wildman–Crippen MR) is 146 cm³/mol. The van der Waals surface area contributed by atoms with E-state index in [1.807, 2.05) is 25.1 Å². The van der Waals surface area contributed by atoms with Crippen molar-refractivity contribution in [1.82, 2.24) is 0 Å². The first-order valence-electron chi connectivity index (χ1n) is 11.3. The van der Waals surface area contributed by atoms with Crippen molar-refractivity contribution in [3.63, 3.8) is 0 Å². The van der Waals surface area contributed by atoms with Crippen LogP contribution in [0.1, 0.15) is 29.2 Å². The van der Waals surface area contributed by atoms with E-state index in [0.29, 0.717) is 46.4 Å². The number of anilines is 1. The van der Waals surface area contributed by atoms with Gasteiger partial charge in [-0.1, -0.05) is 47.5 Å². The normalized spacial score (nSPS) is 10.7. The summed E-state index contributed by atoms with van der Waals surface area (Å²) in [5.41, 5.74) is 2.89. The number of hydrogen-bond acceptors (Lipinski definition) is 5. The lowest BCUT2D eigenvalue weighted by molar-refractivity contribution is -0.112. The van der Waals surface area contributed by atoms with Crippen LogP contribution < -0.4 is 14.8 Å². The van der Waals surface area contributed by atoms with E-state index in [0.717, 1.165) is 11.1 Å². The number of nitriles is 2. The number of nitrogens with zero attached hydrogens (tertiary/aromatic N) is 2. The maximum Gasteiger partial charge on any atom is 0.266 e. The average Bonchev–Trinajstić information content (AvgIpc) is 2.89. The van der Waals surface area contributed by atoms with Gasteiger partial charge in [0.1, 0.15) is 18.2 Å². The Morgan fingerprint density at radius 3 is 2.51 bits per heavy atom. The number of carbonyl (C=O) groups excluding carboxylic acids is 1. The molecular weight excluding hydrogens is 509 g/mol. The molecular formula is C29H23Cl2N3O3. The van der Waals surface area contributed by atoms with Crippen LogP contribution in [0.5, 0.6) is 11.5 Å². The van der Waals surface area contributed by atoms with Crippen molar-refractivity contribution >= 4 is 40.9 Å². The van der Waals surface area contributed by atoms with Crippen molar-refractivity contribution in [2.75, 3.05) is 11.9 Å². The number of hydrogen-bond donors (Lipinski definition) is 1. The first-order chi connectivity index (χ1) is 17.9. The van der Waals surface area contributed by atoms with Crippen molar-refractivity contribution in [2.24, 2.45) is 0 Å². The number of allylic oxidation sites excluding steroid dienone is 1. The first-order valence-corrected chi connectivity index (χ1v) is 12.0. The zero-order valence-electron chi connectivity index (χ0n) is 20.1. The Balaban J connectivity index is 1.95. The van der Waals surface area contributed by atoms with Crippen LogP contribution in [0.4, 0.5) is 5.69 Å². The molecule has 0 aliphatic rings. The quantitative estimate of drug-likeness (QED) is 0.171. The van der Waals surface area contributed by atoms with Crippen LogP contribution in [0, 0.1) is 22.7 Å². The fourth-order valence-corrected chi connectivity index (χ4v) is 3.79. The summed E-state index contributed by atoms with van der Waals surface area (Å²) in [6.45, 7) is 6.20. The minimum atomic E-state index is -0.599. The molecule has 186 valence electrons. The molecule has 0 saturated carbocycles. The van der Waals surface area contributed by atoms with Crippen LogP contribution >= 0.6 is 23.2 Å². The maximum atomic E-state index is 12.8. The molecule has 0 aliphatic heterocycles. The van der Waals surface area contributed by atoms with Crippen LogP contribution in [0.25, 0.3) is 6.08 Å². The summed E-state index contributed by atoms with van der Waals surface area (Å²) in [6.07, 6.45) is 3.64. The second kappa shape index (κ2) is 13.2. The summed E-state index contributed by atoms with van der Waals surface area (Å²) in [5, 5.41) is 22.3. The van der Waals surface area contributed by atoms with Gasteiger partial charge in [0.15, 0.2) is 11.5 Å².